The Morgan fingerprint density at radius 3 is 1.92 bits per heavy atom. The van der Waals surface area contributed by atoms with Gasteiger partial charge in [0.1, 0.15) is 11.5 Å². The lowest BCUT2D eigenvalue weighted by molar-refractivity contribution is -0.665. The lowest BCUT2D eigenvalue weighted by Crippen LogP contribution is -2.86. The summed E-state index contributed by atoms with van der Waals surface area (Å²) in [5.74, 6) is -0.109. The Labute approximate surface area is 150 Å². The molecule has 1 heterocycles. The van der Waals surface area contributed by atoms with E-state index in [0.29, 0.717) is 5.92 Å². The summed E-state index contributed by atoms with van der Waals surface area (Å²) in [6, 6.07) is 19.8. The number of piperidine rings is 1. The van der Waals surface area contributed by atoms with Crippen LogP contribution in [0.5, 0.6) is 0 Å². The van der Waals surface area contributed by atoms with Gasteiger partial charge >= 0.3 is 5.97 Å². The van der Waals surface area contributed by atoms with Crippen molar-refractivity contribution in [2.45, 2.75) is 38.2 Å². The minimum atomic E-state index is -0.437. The van der Waals surface area contributed by atoms with Gasteiger partial charge in [-0.1, -0.05) is 60.7 Å². The van der Waals surface area contributed by atoms with E-state index in [9.17, 15) is 4.79 Å². The number of ether oxygens (including phenoxy) is 1. The summed E-state index contributed by atoms with van der Waals surface area (Å²) in [6.45, 7) is 6.36. The number of hydrogen-bond acceptors (Lipinski definition) is 2. The standard InChI is InChI=1S/C22H27NO2/c1-22(2,19-13-15-23-16-14-19)25-21(24)20(17-9-5-3-6-10-17)18-11-7-4-8-12-18/h3-12,19-20,23H,13-16H2,1-2H3/p+1. The van der Waals surface area contributed by atoms with Crippen LogP contribution < -0.4 is 5.32 Å². The predicted molar refractivity (Wildman–Crippen MR) is 99.3 cm³/mol. The second kappa shape index (κ2) is 7.83. The summed E-state index contributed by atoms with van der Waals surface area (Å²) in [6.07, 6.45) is 2.20. The van der Waals surface area contributed by atoms with Crippen LogP contribution in [-0.2, 0) is 9.53 Å². The molecule has 0 atom stereocenters. The number of esters is 1. The largest absolute Gasteiger partial charge is 0.459 e. The number of nitrogens with two attached hydrogens (primary N) is 1. The minimum absolute atomic E-state index is 0.156. The minimum Gasteiger partial charge on any atom is -0.459 e. The zero-order chi connectivity index (χ0) is 17.7. The summed E-state index contributed by atoms with van der Waals surface area (Å²) in [5, 5.41) is 2.34. The summed E-state index contributed by atoms with van der Waals surface area (Å²) in [5.41, 5.74) is 1.52. The van der Waals surface area contributed by atoms with Crippen LogP contribution in [0.4, 0.5) is 0 Å². The highest BCUT2D eigenvalue weighted by molar-refractivity contribution is 5.82. The molecule has 3 rings (SSSR count). The maximum Gasteiger partial charge on any atom is 0.318 e. The highest BCUT2D eigenvalue weighted by Crippen LogP contribution is 2.32. The summed E-state index contributed by atoms with van der Waals surface area (Å²) < 4.78 is 6.10. The quantitative estimate of drug-likeness (QED) is 0.851. The maximum absolute atomic E-state index is 13.2. The Morgan fingerprint density at radius 1 is 0.960 bits per heavy atom. The van der Waals surface area contributed by atoms with E-state index in [1.165, 1.54) is 0 Å². The summed E-state index contributed by atoms with van der Waals surface area (Å²) >= 11 is 0. The molecule has 0 aliphatic carbocycles. The Bertz CT molecular complexity index is 636. The average Bonchev–Trinajstić information content (AvgIpc) is 2.64. The predicted octanol–water partition coefficient (Wildman–Crippen LogP) is 3.11. The number of carbonyl (C=O) groups is 1. The molecule has 1 aliphatic rings. The zero-order valence-electron chi connectivity index (χ0n) is 15.2. The zero-order valence-corrected chi connectivity index (χ0v) is 15.2. The molecule has 3 nitrogen and oxygen atoms in total. The van der Waals surface area contributed by atoms with Gasteiger partial charge in [-0.3, -0.25) is 4.79 Å². The van der Waals surface area contributed by atoms with Crippen LogP contribution in [0.15, 0.2) is 60.7 Å². The fraction of sp³-hybridized carbons (Fsp3) is 0.409. The Morgan fingerprint density at radius 2 is 1.44 bits per heavy atom. The molecule has 25 heavy (non-hydrogen) atoms. The first-order valence-corrected chi connectivity index (χ1v) is 9.22. The lowest BCUT2D eigenvalue weighted by Gasteiger charge is -2.36. The molecule has 0 aromatic heterocycles. The van der Waals surface area contributed by atoms with Crippen molar-refractivity contribution in [3.8, 4) is 0 Å². The Kier molecular flexibility index (Phi) is 5.54. The van der Waals surface area contributed by atoms with Gasteiger partial charge in [0.05, 0.1) is 13.1 Å². The molecule has 1 saturated heterocycles. The van der Waals surface area contributed by atoms with E-state index in [0.717, 1.165) is 37.1 Å². The molecule has 0 unspecified atom stereocenters. The van der Waals surface area contributed by atoms with Crippen LogP contribution >= 0.6 is 0 Å². The molecule has 2 N–H and O–H groups in total. The monoisotopic (exact) mass is 338 g/mol. The van der Waals surface area contributed by atoms with Gasteiger partial charge in [0, 0.05) is 18.8 Å². The number of carbonyl (C=O) groups excluding carboxylic acids is 1. The van der Waals surface area contributed by atoms with Crippen LogP contribution in [0.3, 0.4) is 0 Å². The molecule has 2 aromatic rings. The highest BCUT2D eigenvalue weighted by Gasteiger charge is 2.37. The lowest BCUT2D eigenvalue weighted by atomic mass is 9.83. The molecule has 3 heteroatoms. The van der Waals surface area contributed by atoms with Crippen molar-refractivity contribution < 1.29 is 14.8 Å². The van der Waals surface area contributed by atoms with Crippen molar-refractivity contribution in [2.75, 3.05) is 13.1 Å². The van der Waals surface area contributed by atoms with Crippen molar-refractivity contribution in [2.24, 2.45) is 5.92 Å². The third-order valence-electron chi connectivity index (χ3n) is 5.29. The van der Waals surface area contributed by atoms with Crippen molar-refractivity contribution in [1.29, 1.82) is 0 Å². The number of quaternary nitrogens is 1. The number of rotatable bonds is 5. The molecular formula is C22H28NO2+. The van der Waals surface area contributed by atoms with Crippen LogP contribution in [-0.4, -0.2) is 24.7 Å². The third-order valence-corrected chi connectivity index (χ3v) is 5.29. The summed E-state index contributed by atoms with van der Waals surface area (Å²) in [7, 11) is 0. The fourth-order valence-electron chi connectivity index (χ4n) is 3.78. The van der Waals surface area contributed by atoms with Crippen molar-refractivity contribution in [3.05, 3.63) is 71.8 Å². The van der Waals surface area contributed by atoms with Gasteiger partial charge in [-0.2, -0.15) is 0 Å². The van der Waals surface area contributed by atoms with Gasteiger partial charge in [-0.15, -0.1) is 0 Å². The van der Waals surface area contributed by atoms with E-state index in [1.54, 1.807) is 0 Å². The summed E-state index contributed by atoms with van der Waals surface area (Å²) in [4.78, 5) is 13.2. The van der Waals surface area contributed by atoms with Crippen LogP contribution in [0.2, 0.25) is 0 Å². The first-order valence-electron chi connectivity index (χ1n) is 9.22. The fourth-order valence-corrected chi connectivity index (χ4v) is 3.78. The van der Waals surface area contributed by atoms with Crippen molar-refractivity contribution >= 4 is 5.97 Å². The Hall–Kier alpha value is -2.13. The van der Waals surface area contributed by atoms with Gasteiger partial charge in [0.2, 0.25) is 0 Å². The van der Waals surface area contributed by atoms with Crippen molar-refractivity contribution in [1.82, 2.24) is 0 Å². The van der Waals surface area contributed by atoms with E-state index in [-0.39, 0.29) is 11.9 Å². The topological polar surface area (TPSA) is 42.9 Å². The highest BCUT2D eigenvalue weighted by atomic mass is 16.6. The van der Waals surface area contributed by atoms with Gasteiger partial charge in [-0.05, 0) is 25.0 Å². The smallest absolute Gasteiger partial charge is 0.318 e. The van der Waals surface area contributed by atoms with E-state index in [1.807, 2.05) is 60.7 Å². The van der Waals surface area contributed by atoms with E-state index >= 15 is 0 Å². The molecule has 1 aliphatic heterocycles. The second-order valence-corrected chi connectivity index (χ2v) is 7.42. The Balaban J connectivity index is 1.84. The van der Waals surface area contributed by atoms with E-state index in [2.05, 4.69) is 19.2 Å². The molecule has 2 aromatic carbocycles. The van der Waals surface area contributed by atoms with Gasteiger partial charge in [-0.25, -0.2) is 0 Å². The second-order valence-electron chi connectivity index (χ2n) is 7.42. The molecule has 1 fully saturated rings. The number of benzene rings is 2. The third kappa shape index (κ3) is 4.29. The molecule has 0 saturated carbocycles. The normalized spacial score (nSPS) is 16.0. The average molecular weight is 338 g/mol. The van der Waals surface area contributed by atoms with Crippen LogP contribution in [0, 0.1) is 5.92 Å². The molecule has 132 valence electrons. The van der Waals surface area contributed by atoms with Crippen molar-refractivity contribution in [3.63, 3.8) is 0 Å². The van der Waals surface area contributed by atoms with Crippen LogP contribution in [0.25, 0.3) is 0 Å². The van der Waals surface area contributed by atoms with Gasteiger partial charge < -0.3 is 10.1 Å². The van der Waals surface area contributed by atoms with E-state index in [4.69, 9.17) is 4.74 Å². The van der Waals surface area contributed by atoms with E-state index < -0.39 is 5.60 Å². The van der Waals surface area contributed by atoms with Gasteiger partial charge in [0.15, 0.2) is 0 Å². The number of hydrogen-bond donors (Lipinski definition) is 1. The first-order chi connectivity index (χ1) is 12.1. The SMILES string of the molecule is CC(C)(OC(=O)C(c1ccccc1)c1ccccc1)C1CC[NH2+]CC1. The molecule has 0 bridgehead atoms. The van der Waals surface area contributed by atoms with Crippen LogP contribution in [0.1, 0.15) is 43.7 Å². The first kappa shape index (κ1) is 17.7. The van der Waals surface area contributed by atoms with Gasteiger partial charge in [0.25, 0.3) is 0 Å². The maximum atomic E-state index is 13.2. The molecule has 0 amide bonds. The molecular weight excluding hydrogens is 310 g/mol. The molecule has 0 radical (unpaired) electrons. The molecule has 0 spiro atoms.